The highest BCUT2D eigenvalue weighted by atomic mass is 16.4. The number of fused-ring (bicyclic) bond motifs is 2. The molecule has 3 heterocycles. The predicted molar refractivity (Wildman–Crippen MR) is 125 cm³/mol. The van der Waals surface area contributed by atoms with Crippen LogP contribution in [0.2, 0.25) is 0 Å². The number of carboxylic acids is 1. The molecule has 2 aromatic heterocycles. The van der Waals surface area contributed by atoms with Gasteiger partial charge in [-0.1, -0.05) is 24.3 Å². The molecule has 1 saturated heterocycles. The van der Waals surface area contributed by atoms with Crippen molar-refractivity contribution in [1.82, 2.24) is 14.9 Å². The van der Waals surface area contributed by atoms with E-state index in [1.807, 2.05) is 30.3 Å². The van der Waals surface area contributed by atoms with Crippen molar-refractivity contribution in [3.63, 3.8) is 0 Å². The van der Waals surface area contributed by atoms with Gasteiger partial charge in [0.2, 0.25) is 0 Å². The summed E-state index contributed by atoms with van der Waals surface area (Å²) in [5, 5.41) is 11.0. The van der Waals surface area contributed by atoms with Crippen LogP contribution >= 0.6 is 0 Å². The molecule has 0 unspecified atom stereocenters. The Balaban J connectivity index is 1.31. The number of pyridine rings is 1. The van der Waals surface area contributed by atoms with Crippen LogP contribution in [0.1, 0.15) is 12.0 Å². The van der Waals surface area contributed by atoms with Gasteiger partial charge in [-0.05, 0) is 35.7 Å². The van der Waals surface area contributed by atoms with E-state index in [0.29, 0.717) is 12.1 Å². The molecule has 1 aliphatic rings. The number of benzene rings is 2. The summed E-state index contributed by atoms with van der Waals surface area (Å²) in [6, 6.07) is 18.2. The van der Waals surface area contributed by atoms with Crippen LogP contribution in [-0.2, 0) is 11.3 Å². The summed E-state index contributed by atoms with van der Waals surface area (Å²) in [6.45, 7) is 5.48. The van der Waals surface area contributed by atoms with Gasteiger partial charge in [0.25, 0.3) is 5.56 Å². The monoisotopic (exact) mass is 431 g/mol. The number of para-hydroxylation sites is 1. The Labute approximate surface area is 185 Å². The van der Waals surface area contributed by atoms with Crippen molar-refractivity contribution in [3.8, 4) is 11.3 Å². The van der Waals surface area contributed by atoms with E-state index < -0.39 is 5.97 Å². The molecule has 2 aromatic carbocycles. The Morgan fingerprint density at radius 2 is 1.75 bits per heavy atom. The van der Waals surface area contributed by atoms with E-state index in [9.17, 15) is 9.59 Å². The summed E-state index contributed by atoms with van der Waals surface area (Å²) < 4.78 is 0. The number of aliphatic carboxylic acids is 1. The number of quaternary nitrogens is 1. The summed E-state index contributed by atoms with van der Waals surface area (Å²) in [7, 11) is 0. The number of carboxylic acid groups (broad SMARTS) is 1. The largest absolute Gasteiger partial charge is 0.481 e. The van der Waals surface area contributed by atoms with Gasteiger partial charge in [0.1, 0.15) is 6.54 Å². The predicted octanol–water partition coefficient (Wildman–Crippen LogP) is 1.85. The van der Waals surface area contributed by atoms with E-state index in [0.717, 1.165) is 60.2 Å². The number of nitrogens with zero attached hydrogens (tertiary/aromatic N) is 1. The molecule has 0 saturated carbocycles. The lowest BCUT2D eigenvalue weighted by Gasteiger charge is -2.31. The van der Waals surface area contributed by atoms with Gasteiger partial charge in [0, 0.05) is 41.6 Å². The highest BCUT2D eigenvalue weighted by Crippen LogP contribution is 2.24. The molecule has 0 spiro atoms. The number of nitrogens with one attached hydrogen (secondary N) is 3. The Bertz CT molecular complexity index is 1330. The van der Waals surface area contributed by atoms with Crippen LogP contribution < -0.4 is 10.5 Å². The Hall–Kier alpha value is -3.42. The van der Waals surface area contributed by atoms with E-state index in [1.165, 1.54) is 10.5 Å². The first-order valence-electron chi connectivity index (χ1n) is 11.1. The fourth-order valence-corrected chi connectivity index (χ4v) is 4.60. The van der Waals surface area contributed by atoms with Crippen LogP contribution in [0.4, 0.5) is 0 Å². The number of aromatic nitrogens is 2. The number of carbonyl (C=O) groups is 1. The smallest absolute Gasteiger partial charge is 0.304 e. The first-order chi connectivity index (χ1) is 15.5. The topological polar surface area (TPSA) is 93.6 Å². The normalized spacial score (nSPS) is 15.5. The van der Waals surface area contributed by atoms with Gasteiger partial charge < -0.3 is 20.0 Å². The summed E-state index contributed by atoms with van der Waals surface area (Å²) in [5.41, 5.74) is 4.49. The number of hydrogen-bond donors (Lipinski definition) is 4. The third-order valence-electron chi connectivity index (χ3n) is 6.39. The molecule has 0 bridgehead atoms. The van der Waals surface area contributed by atoms with E-state index in [2.05, 4.69) is 39.1 Å². The highest BCUT2D eigenvalue weighted by molar-refractivity contribution is 5.89. The van der Waals surface area contributed by atoms with Crippen LogP contribution in [0, 0.1) is 0 Å². The van der Waals surface area contributed by atoms with Crippen LogP contribution in [-0.4, -0.2) is 58.7 Å². The molecular weight excluding hydrogens is 404 g/mol. The van der Waals surface area contributed by atoms with E-state index >= 15 is 0 Å². The number of hydrogen-bond acceptors (Lipinski definition) is 3. The standard InChI is InChI=1S/C25H26N4O3/c30-24(31)7-8-28-9-11-29(12-10-28)16-17-5-6-22-19(13-17)15-23(26-22)20-14-18-3-1-2-4-21(18)27-25(20)32/h1-6,13-15,26H,7-12,16H2,(H,27,32)(H,30,31)/p+1. The minimum atomic E-state index is -0.732. The summed E-state index contributed by atoms with van der Waals surface area (Å²) >= 11 is 0. The molecule has 0 radical (unpaired) electrons. The second-order valence-corrected chi connectivity index (χ2v) is 8.62. The second kappa shape index (κ2) is 8.61. The quantitative estimate of drug-likeness (QED) is 0.375. The van der Waals surface area contributed by atoms with Gasteiger partial charge >= 0.3 is 5.97 Å². The van der Waals surface area contributed by atoms with Crippen LogP contribution in [0.5, 0.6) is 0 Å². The Morgan fingerprint density at radius 3 is 2.56 bits per heavy atom. The van der Waals surface area contributed by atoms with Crippen LogP contribution in [0.25, 0.3) is 33.1 Å². The van der Waals surface area contributed by atoms with Gasteiger partial charge in [-0.15, -0.1) is 0 Å². The van der Waals surface area contributed by atoms with E-state index in [4.69, 9.17) is 5.11 Å². The van der Waals surface area contributed by atoms with Crippen LogP contribution in [0.15, 0.2) is 59.4 Å². The van der Waals surface area contributed by atoms with Crippen molar-refractivity contribution in [2.75, 3.05) is 32.7 Å². The van der Waals surface area contributed by atoms with E-state index in [-0.39, 0.29) is 12.0 Å². The van der Waals surface area contributed by atoms with Crippen molar-refractivity contribution >= 4 is 27.8 Å². The van der Waals surface area contributed by atoms with Crippen molar-refractivity contribution in [1.29, 1.82) is 0 Å². The molecule has 1 fully saturated rings. The zero-order chi connectivity index (χ0) is 22.1. The number of aromatic amines is 2. The van der Waals surface area contributed by atoms with Crippen molar-refractivity contribution in [3.05, 3.63) is 70.5 Å². The maximum atomic E-state index is 12.6. The van der Waals surface area contributed by atoms with Gasteiger partial charge in [-0.2, -0.15) is 0 Å². The molecular formula is C25H27N4O3+. The molecule has 0 aliphatic carbocycles. The summed E-state index contributed by atoms with van der Waals surface area (Å²) in [4.78, 5) is 33.5. The van der Waals surface area contributed by atoms with Gasteiger partial charge in [-0.25, -0.2) is 0 Å². The number of piperazine rings is 1. The molecule has 32 heavy (non-hydrogen) atoms. The lowest BCUT2D eigenvalue weighted by atomic mass is 10.1. The first kappa shape index (κ1) is 20.5. The van der Waals surface area contributed by atoms with Crippen molar-refractivity contribution in [2.24, 2.45) is 0 Å². The number of rotatable bonds is 6. The maximum absolute atomic E-state index is 12.6. The molecule has 4 aromatic rings. The third kappa shape index (κ3) is 4.30. The highest BCUT2D eigenvalue weighted by Gasteiger charge is 2.20. The molecule has 1 aliphatic heterocycles. The zero-order valence-electron chi connectivity index (χ0n) is 17.9. The minimum absolute atomic E-state index is 0.0966. The zero-order valence-corrected chi connectivity index (χ0v) is 17.9. The molecule has 7 nitrogen and oxygen atoms in total. The van der Waals surface area contributed by atoms with Gasteiger partial charge in [0.15, 0.2) is 0 Å². The average Bonchev–Trinajstić information content (AvgIpc) is 3.21. The minimum Gasteiger partial charge on any atom is -0.481 e. The molecule has 164 valence electrons. The molecule has 5 rings (SSSR count). The molecule has 0 atom stereocenters. The third-order valence-corrected chi connectivity index (χ3v) is 6.39. The SMILES string of the molecule is O=C(O)CCN1CC[NH+](Cc2ccc3[nH]c(-c4cc5ccccc5[nH]c4=O)cc3c2)CC1. The summed E-state index contributed by atoms with van der Waals surface area (Å²) in [6.07, 6.45) is 0.210. The Morgan fingerprint density at radius 1 is 0.969 bits per heavy atom. The fraction of sp³-hybridized carbons (Fsp3) is 0.280. The second-order valence-electron chi connectivity index (χ2n) is 8.62. The van der Waals surface area contributed by atoms with Crippen LogP contribution in [0.3, 0.4) is 0 Å². The molecule has 7 heteroatoms. The lowest BCUT2D eigenvalue weighted by molar-refractivity contribution is -0.918. The average molecular weight is 432 g/mol. The first-order valence-corrected chi connectivity index (χ1v) is 11.1. The van der Waals surface area contributed by atoms with Gasteiger partial charge in [0.05, 0.1) is 30.8 Å². The summed E-state index contributed by atoms with van der Waals surface area (Å²) in [5.74, 6) is -0.732. The lowest BCUT2D eigenvalue weighted by Crippen LogP contribution is -3.13. The van der Waals surface area contributed by atoms with E-state index in [1.54, 1.807) is 0 Å². The number of H-pyrrole nitrogens is 2. The molecule has 4 N–H and O–H groups in total. The van der Waals surface area contributed by atoms with Gasteiger partial charge in [-0.3, -0.25) is 14.5 Å². The van der Waals surface area contributed by atoms with Crippen molar-refractivity contribution in [2.45, 2.75) is 13.0 Å². The Kier molecular flexibility index (Phi) is 5.51. The fourth-order valence-electron chi connectivity index (χ4n) is 4.60. The van der Waals surface area contributed by atoms with Crippen molar-refractivity contribution < 1.29 is 14.8 Å². The molecule has 0 amide bonds. The maximum Gasteiger partial charge on any atom is 0.304 e.